The number of amides is 1. The zero-order chi connectivity index (χ0) is 22.9. The van der Waals surface area contributed by atoms with Gasteiger partial charge in [-0.15, -0.1) is 10.2 Å². The minimum absolute atomic E-state index is 0.118. The lowest BCUT2D eigenvalue weighted by Gasteiger charge is -2.15. The molecule has 1 saturated heterocycles. The van der Waals surface area contributed by atoms with Crippen LogP contribution in [0.2, 0.25) is 0 Å². The molecule has 33 heavy (non-hydrogen) atoms. The van der Waals surface area contributed by atoms with Gasteiger partial charge in [0.15, 0.2) is 5.16 Å². The Kier molecular flexibility index (Phi) is 5.93. The lowest BCUT2D eigenvalue weighted by molar-refractivity contribution is -0.127. The molecule has 170 valence electrons. The van der Waals surface area contributed by atoms with Crippen molar-refractivity contribution in [1.82, 2.24) is 24.1 Å². The van der Waals surface area contributed by atoms with Crippen LogP contribution in [0.15, 0.2) is 58.5 Å². The summed E-state index contributed by atoms with van der Waals surface area (Å²) in [6, 6.07) is 15.6. The Morgan fingerprint density at radius 2 is 1.79 bits per heavy atom. The van der Waals surface area contributed by atoms with Crippen LogP contribution >= 0.6 is 11.8 Å². The summed E-state index contributed by atoms with van der Waals surface area (Å²) >= 11 is 1.37. The van der Waals surface area contributed by atoms with Crippen molar-refractivity contribution in [3.05, 3.63) is 64.4 Å². The predicted molar refractivity (Wildman–Crippen MR) is 131 cm³/mol. The molecular formula is C25H27N5O2S. The standard InChI is InChI=1S/C25H27N5O2S/c1-3-17(2)18-10-12-19(13-11-18)29-23(32)20-8-4-5-9-21(20)30-24(29)26-27-25(30)33-16-22(31)28-14-6-7-15-28/h4-5,8-13,17H,3,6-7,14-16H2,1-2H3/t17-/m0/s1. The molecule has 0 saturated carbocycles. The number of hydrogen-bond acceptors (Lipinski definition) is 5. The highest BCUT2D eigenvalue weighted by Crippen LogP contribution is 2.25. The van der Waals surface area contributed by atoms with E-state index in [1.54, 1.807) is 4.57 Å². The van der Waals surface area contributed by atoms with Gasteiger partial charge in [-0.3, -0.25) is 14.0 Å². The van der Waals surface area contributed by atoms with Crippen molar-refractivity contribution < 1.29 is 4.79 Å². The Morgan fingerprint density at radius 3 is 2.52 bits per heavy atom. The monoisotopic (exact) mass is 461 g/mol. The molecule has 2 aromatic carbocycles. The van der Waals surface area contributed by atoms with Crippen molar-refractivity contribution in [1.29, 1.82) is 0 Å². The Hall–Kier alpha value is -3.13. The van der Waals surface area contributed by atoms with E-state index in [0.29, 0.717) is 28.0 Å². The fourth-order valence-corrected chi connectivity index (χ4v) is 5.22. The largest absolute Gasteiger partial charge is 0.342 e. The van der Waals surface area contributed by atoms with Gasteiger partial charge in [-0.1, -0.05) is 49.9 Å². The van der Waals surface area contributed by atoms with Crippen LogP contribution in [-0.4, -0.2) is 48.8 Å². The normalized spacial score (nSPS) is 14.9. The molecule has 2 aromatic heterocycles. The molecule has 1 atom stereocenters. The third-order valence-corrected chi connectivity index (χ3v) is 7.42. The van der Waals surface area contributed by atoms with E-state index in [0.717, 1.165) is 43.6 Å². The number of carbonyl (C=O) groups is 1. The molecule has 1 amide bonds. The maximum atomic E-state index is 13.5. The first-order valence-corrected chi connectivity index (χ1v) is 12.5. The van der Waals surface area contributed by atoms with Crippen LogP contribution in [0.25, 0.3) is 22.4 Å². The Bertz CT molecular complexity index is 1370. The first-order chi connectivity index (χ1) is 16.1. The van der Waals surface area contributed by atoms with Gasteiger partial charge >= 0.3 is 0 Å². The number of rotatable bonds is 6. The number of benzene rings is 2. The van der Waals surface area contributed by atoms with Crippen molar-refractivity contribution in [2.75, 3.05) is 18.8 Å². The van der Waals surface area contributed by atoms with Gasteiger partial charge in [-0.25, -0.2) is 4.57 Å². The lowest BCUT2D eigenvalue weighted by atomic mass is 9.98. The molecule has 1 fully saturated rings. The number of likely N-dealkylation sites (tertiary alicyclic amines) is 1. The highest BCUT2D eigenvalue weighted by Gasteiger charge is 2.21. The van der Waals surface area contributed by atoms with Gasteiger partial charge in [0.1, 0.15) is 0 Å². The highest BCUT2D eigenvalue weighted by atomic mass is 32.2. The highest BCUT2D eigenvalue weighted by molar-refractivity contribution is 7.99. The molecule has 4 aromatic rings. The van der Waals surface area contributed by atoms with Gasteiger partial charge in [-0.05, 0) is 55.0 Å². The Balaban J connectivity index is 1.60. The zero-order valence-corrected chi connectivity index (χ0v) is 19.7. The van der Waals surface area contributed by atoms with E-state index >= 15 is 0 Å². The molecule has 0 radical (unpaired) electrons. The second-order valence-electron chi connectivity index (χ2n) is 8.55. The second-order valence-corrected chi connectivity index (χ2v) is 9.50. The molecule has 0 unspecified atom stereocenters. The lowest BCUT2D eigenvalue weighted by Crippen LogP contribution is -2.29. The molecule has 0 aliphatic carbocycles. The van der Waals surface area contributed by atoms with Crippen LogP contribution in [0.1, 0.15) is 44.6 Å². The summed E-state index contributed by atoms with van der Waals surface area (Å²) in [5.41, 5.74) is 2.60. The van der Waals surface area contributed by atoms with Crippen LogP contribution in [-0.2, 0) is 4.79 Å². The van der Waals surface area contributed by atoms with Gasteiger partial charge in [0, 0.05) is 13.1 Å². The third-order valence-electron chi connectivity index (χ3n) is 6.51. The van der Waals surface area contributed by atoms with E-state index in [1.165, 1.54) is 17.3 Å². The number of fused-ring (bicyclic) bond motifs is 3. The van der Waals surface area contributed by atoms with Crippen molar-refractivity contribution in [3.8, 4) is 5.69 Å². The number of para-hydroxylation sites is 1. The van der Waals surface area contributed by atoms with E-state index in [9.17, 15) is 9.59 Å². The average molecular weight is 462 g/mol. The molecule has 0 spiro atoms. The molecule has 5 rings (SSSR count). The van der Waals surface area contributed by atoms with E-state index in [-0.39, 0.29) is 11.5 Å². The smallest absolute Gasteiger partial charge is 0.267 e. The molecule has 3 heterocycles. The van der Waals surface area contributed by atoms with Crippen LogP contribution in [0, 0.1) is 0 Å². The van der Waals surface area contributed by atoms with Gasteiger partial charge in [0.25, 0.3) is 5.56 Å². The maximum Gasteiger partial charge on any atom is 0.267 e. The SMILES string of the molecule is CC[C@H](C)c1ccc(-n2c(=O)c3ccccc3n3c(SCC(=O)N4CCCC4)nnc23)cc1. The molecular weight excluding hydrogens is 434 g/mol. The first-order valence-electron chi connectivity index (χ1n) is 11.5. The number of thioether (sulfide) groups is 1. The minimum atomic E-state index is -0.133. The van der Waals surface area contributed by atoms with E-state index in [4.69, 9.17) is 0 Å². The molecule has 0 N–H and O–H groups in total. The van der Waals surface area contributed by atoms with Gasteiger partial charge in [0.2, 0.25) is 11.7 Å². The van der Waals surface area contributed by atoms with Gasteiger partial charge in [0.05, 0.1) is 22.3 Å². The Morgan fingerprint density at radius 1 is 1.06 bits per heavy atom. The summed E-state index contributed by atoms with van der Waals surface area (Å²) in [6.45, 7) is 6.02. The van der Waals surface area contributed by atoms with Crippen molar-refractivity contribution in [2.45, 2.75) is 44.2 Å². The molecule has 1 aliphatic heterocycles. The van der Waals surface area contributed by atoms with E-state index in [2.05, 4.69) is 36.2 Å². The number of nitrogens with zero attached hydrogens (tertiary/aromatic N) is 5. The summed E-state index contributed by atoms with van der Waals surface area (Å²) in [5, 5.41) is 9.96. The summed E-state index contributed by atoms with van der Waals surface area (Å²) in [7, 11) is 0. The predicted octanol–water partition coefficient (Wildman–Crippen LogP) is 4.26. The third kappa shape index (κ3) is 3.93. The van der Waals surface area contributed by atoms with Crippen LogP contribution in [0.4, 0.5) is 0 Å². The van der Waals surface area contributed by atoms with E-state index in [1.807, 2.05) is 45.7 Å². The summed E-state index contributed by atoms with van der Waals surface area (Å²) < 4.78 is 3.50. The van der Waals surface area contributed by atoms with Gasteiger partial charge < -0.3 is 4.90 Å². The topological polar surface area (TPSA) is 72.5 Å². The molecule has 7 nitrogen and oxygen atoms in total. The summed E-state index contributed by atoms with van der Waals surface area (Å²) in [6.07, 6.45) is 3.19. The zero-order valence-electron chi connectivity index (χ0n) is 18.9. The van der Waals surface area contributed by atoms with Crippen LogP contribution in [0.5, 0.6) is 0 Å². The Labute approximate surface area is 196 Å². The second kappa shape index (κ2) is 9.02. The molecule has 1 aliphatic rings. The molecule has 8 heteroatoms. The summed E-state index contributed by atoms with van der Waals surface area (Å²) in [5.74, 6) is 1.33. The molecule has 0 bridgehead atoms. The van der Waals surface area contributed by atoms with Gasteiger partial charge in [-0.2, -0.15) is 0 Å². The van der Waals surface area contributed by atoms with Crippen molar-refractivity contribution in [3.63, 3.8) is 0 Å². The number of hydrogen-bond donors (Lipinski definition) is 0. The van der Waals surface area contributed by atoms with Crippen LogP contribution < -0.4 is 5.56 Å². The van der Waals surface area contributed by atoms with Crippen molar-refractivity contribution >= 4 is 34.3 Å². The fraction of sp³-hybridized carbons (Fsp3) is 0.360. The van der Waals surface area contributed by atoms with Crippen LogP contribution in [0.3, 0.4) is 0 Å². The number of aromatic nitrogens is 4. The van der Waals surface area contributed by atoms with Crippen molar-refractivity contribution in [2.24, 2.45) is 0 Å². The first kappa shape index (κ1) is 21.7. The minimum Gasteiger partial charge on any atom is -0.342 e. The average Bonchev–Trinajstić information content (AvgIpc) is 3.53. The van der Waals surface area contributed by atoms with E-state index < -0.39 is 0 Å². The number of carbonyl (C=O) groups excluding carboxylic acids is 1. The quantitative estimate of drug-likeness (QED) is 0.401. The maximum absolute atomic E-state index is 13.5. The summed E-state index contributed by atoms with van der Waals surface area (Å²) in [4.78, 5) is 28.0. The fourth-order valence-electron chi connectivity index (χ4n) is 4.38.